The van der Waals surface area contributed by atoms with E-state index >= 15 is 0 Å². The minimum absolute atomic E-state index is 0.201. The molecule has 4 nitrogen and oxygen atoms in total. The standard InChI is InChI=1S/C13H21N3O/c1-4-7-14-11-8-10(9-17-3)15-12(16-11)13(2)5-6-13/h8H,4-7,9H2,1-3H3,(H,14,15,16). The van der Waals surface area contributed by atoms with Gasteiger partial charge in [-0.15, -0.1) is 0 Å². The van der Waals surface area contributed by atoms with E-state index in [0.717, 1.165) is 30.3 Å². The van der Waals surface area contributed by atoms with Crippen molar-refractivity contribution in [2.24, 2.45) is 0 Å². The van der Waals surface area contributed by atoms with Crippen molar-refractivity contribution in [2.75, 3.05) is 19.0 Å². The highest BCUT2D eigenvalue weighted by Gasteiger charge is 2.42. The summed E-state index contributed by atoms with van der Waals surface area (Å²) in [6, 6.07) is 1.98. The van der Waals surface area contributed by atoms with E-state index in [2.05, 4.69) is 29.1 Å². The Morgan fingerprint density at radius 3 is 2.76 bits per heavy atom. The molecule has 1 aromatic heterocycles. The molecule has 0 atom stereocenters. The van der Waals surface area contributed by atoms with Crippen LogP contribution in [-0.2, 0) is 16.8 Å². The molecule has 1 aromatic rings. The van der Waals surface area contributed by atoms with Crippen molar-refractivity contribution >= 4 is 5.82 Å². The van der Waals surface area contributed by atoms with Gasteiger partial charge in [0.15, 0.2) is 0 Å². The molecule has 0 aliphatic heterocycles. The van der Waals surface area contributed by atoms with Gasteiger partial charge in [0.25, 0.3) is 0 Å². The number of anilines is 1. The van der Waals surface area contributed by atoms with Crippen molar-refractivity contribution < 1.29 is 4.74 Å². The lowest BCUT2D eigenvalue weighted by Crippen LogP contribution is -2.12. The molecule has 0 amide bonds. The monoisotopic (exact) mass is 235 g/mol. The lowest BCUT2D eigenvalue weighted by Gasteiger charge is -2.12. The van der Waals surface area contributed by atoms with Crippen LogP contribution in [0.1, 0.15) is 44.6 Å². The largest absolute Gasteiger partial charge is 0.378 e. The first-order valence-electron chi connectivity index (χ1n) is 6.29. The molecule has 1 heterocycles. The van der Waals surface area contributed by atoms with Gasteiger partial charge >= 0.3 is 0 Å². The molecule has 1 fully saturated rings. The fourth-order valence-electron chi connectivity index (χ4n) is 1.74. The molecule has 4 heteroatoms. The van der Waals surface area contributed by atoms with Gasteiger partial charge in [-0.3, -0.25) is 0 Å². The van der Waals surface area contributed by atoms with Gasteiger partial charge in [-0.05, 0) is 19.3 Å². The van der Waals surface area contributed by atoms with Crippen LogP contribution in [0.25, 0.3) is 0 Å². The van der Waals surface area contributed by atoms with E-state index in [1.165, 1.54) is 12.8 Å². The predicted molar refractivity (Wildman–Crippen MR) is 68.1 cm³/mol. The van der Waals surface area contributed by atoms with Gasteiger partial charge in [-0.2, -0.15) is 0 Å². The summed E-state index contributed by atoms with van der Waals surface area (Å²) in [6.45, 7) is 5.86. The van der Waals surface area contributed by atoms with Crippen LogP contribution in [0.5, 0.6) is 0 Å². The van der Waals surface area contributed by atoms with Gasteiger partial charge < -0.3 is 10.1 Å². The van der Waals surface area contributed by atoms with E-state index in [1.807, 2.05) is 6.07 Å². The number of nitrogens with one attached hydrogen (secondary N) is 1. The average Bonchev–Trinajstić information content (AvgIpc) is 3.06. The summed E-state index contributed by atoms with van der Waals surface area (Å²) in [7, 11) is 1.69. The molecule has 1 aliphatic rings. The lowest BCUT2D eigenvalue weighted by molar-refractivity contribution is 0.181. The van der Waals surface area contributed by atoms with Crippen molar-refractivity contribution in [3.05, 3.63) is 17.6 Å². The Labute approximate surface area is 103 Å². The third kappa shape index (κ3) is 2.94. The molecule has 0 aromatic carbocycles. The maximum Gasteiger partial charge on any atom is 0.136 e. The molecule has 0 radical (unpaired) electrons. The number of ether oxygens (including phenoxy) is 1. The third-order valence-corrected chi connectivity index (χ3v) is 3.17. The molecule has 17 heavy (non-hydrogen) atoms. The zero-order valence-electron chi connectivity index (χ0n) is 10.9. The summed E-state index contributed by atoms with van der Waals surface area (Å²) >= 11 is 0. The second-order valence-corrected chi connectivity index (χ2v) is 4.99. The molecule has 1 saturated carbocycles. The minimum Gasteiger partial charge on any atom is -0.378 e. The van der Waals surface area contributed by atoms with Crippen molar-refractivity contribution in [3.63, 3.8) is 0 Å². The molecular formula is C13H21N3O. The van der Waals surface area contributed by atoms with E-state index in [-0.39, 0.29) is 5.41 Å². The average molecular weight is 235 g/mol. The molecule has 0 bridgehead atoms. The smallest absolute Gasteiger partial charge is 0.136 e. The van der Waals surface area contributed by atoms with Crippen LogP contribution in [0.2, 0.25) is 0 Å². The maximum absolute atomic E-state index is 5.16. The SMILES string of the molecule is CCCNc1cc(COC)nc(C2(C)CC2)n1. The topological polar surface area (TPSA) is 47.0 Å². The van der Waals surface area contributed by atoms with Gasteiger partial charge in [-0.25, -0.2) is 9.97 Å². The van der Waals surface area contributed by atoms with Crippen LogP contribution in [0.15, 0.2) is 6.07 Å². The lowest BCUT2D eigenvalue weighted by atomic mass is 10.1. The van der Waals surface area contributed by atoms with E-state index in [0.29, 0.717) is 6.61 Å². The van der Waals surface area contributed by atoms with Crippen LogP contribution in [-0.4, -0.2) is 23.6 Å². The molecule has 0 spiro atoms. The number of hydrogen-bond acceptors (Lipinski definition) is 4. The normalized spacial score (nSPS) is 16.9. The number of rotatable bonds is 6. The number of nitrogens with zero attached hydrogens (tertiary/aromatic N) is 2. The maximum atomic E-state index is 5.16. The van der Waals surface area contributed by atoms with E-state index in [1.54, 1.807) is 7.11 Å². The second kappa shape index (κ2) is 5.00. The Kier molecular flexibility index (Phi) is 3.62. The van der Waals surface area contributed by atoms with Crippen molar-refractivity contribution in [3.8, 4) is 0 Å². The number of aromatic nitrogens is 2. The fourth-order valence-corrected chi connectivity index (χ4v) is 1.74. The fraction of sp³-hybridized carbons (Fsp3) is 0.692. The zero-order valence-corrected chi connectivity index (χ0v) is 10.9. The van der Waals surface area contributed by atoms with Crippen molar-refractivity contribution in [1.29, 1.82) is 0 Å². The summed E-state index contributed by atoms with van der Waals surface area (Å²) in [6.07, 6.45) is 3.48. The summed E-state index contributed by atoms with van der Waals surface area (Å²) < 4.78 is 5.16. The Bertz CT molecular complexity index is 388. The van der Waals surface area contributed by atoms with E-state index < -0.39 is 0 Å². The summed E-state index contributed by atoms with van der Waals surface area (Å²) in [5, 5.41) is 3.33. The van der Waals surface area contributed by atoms with Crippen molar-refractivity contribution in [2.45, 2.75) is 45.1 Å². The highest BCUT2D eigenvalue weighted by molar-refractivity contribution is 5.38. The second-order valence-electron chi connectivity index (χ2n) is 4.99. The quantitative estimate of drug-likeness (QED) is 0.823. The minimum atomic E-state index is 0.201. The molecule has 94 valence electrons. The molecular weight excluding hydrogens is 214 g/mol. The van der Waals surface area contributed by atoms with Crippen molar-refractivity contribution in [1.82, 2.24) is 9.97 Å². The van der Waals surface area contributed by atoms with Gasteiger partial charge in [0.2, 0.25) is 0 Å². The molecule has 1 aliphatic carbocycles. The number of methoxy groups -OCH3 is 1. The highest BCUT2D eigenvalue weighted by atomic mass is 16.5. The molecule has 1 N–H and O–H groups in total. The first-order chi connectivity index (χ1) is 8.18. The third-order valence-electron chi connectivity index (χ3n) is 3.17. The Balaban J connectivity index is 2.22. The van der Waals surface area contributed by atoms with Crippen LogP contribution in [0, 0.1) is 0 Å². The van der Waals surface area contributed by atoms with Gasteiger partial charge in [0.1, 0.15) is 11.6 Å². The highest BCUT2D eigenvalue weighted by Crippen LogP contribution is 2.46. The summed E-state index contributed by atoms with van der Waals surface area (Å²) in [5.41, 5.74) is 1.16. The number of hydrogen-bond donors (Lipinski definition) is 1. The van der Waals surface area contributed by atoms with Crippen LogP contribution >= 0.6 is 0 Å². The predicted octanol–water partition coefficient (Wildman–Crippen LogP) is 2.50. The van der Waals surface area contributed by atoms with Crippen LogP contribution in [0.4, 0.5) is 5.82 Å². The summed E-state index contributed by atoms with van der Waals surface area (Å²) in [4.78, 5) is 9.20. The van der Waals surface area contributed by atoms with Gasteiger partial charge in [-0.1, -0.05) is 13.8 Å². The summed E-state index contributed by atoms with van der Waals surface area (Å²) in [5.74, 6) is 1.89. The first-order valence-corrected chi connectivity index (χ1v) is 6.29. The molecule has 2 rings (SSSR count). The first kappa shape index (κ1) is 12.3. The van der Waals surface area contributed by atoms with Gasteiger partial charge in [0.05, 0.1) is 12.3 Å². The Morgan fingerprint density at radius 1 is 1.41 bits per heavy atom. The Morgan fingerprint density at radius 2 is 2.18 bits per heavy atom. The van der Waals surface area contributed by atoms with Gasteiger partial charge in [0, 0.05) is 25.1 Å². The van der Waals surface area contributed by atoms with E-state index in [4.69, 9.17) is 4.74 Å². The molecule has 0 saturated heterocycles. The Hall–Kier alpha value is -1.16. The molecule has 0 unspecified atom stereocenters. The van der Waals surface area contributed by atoms with Crippen LogP contribution < -0.4 is 5.32 Å². The zero-order chi connectivity index (χ0) is 12.3. The van der Waals surface area contributed by atoms with E-state index in [9.17, 15) is 0 Å². The van der Waals surface area contributed by atoms with Crippen LogP contribution in [0.3, 0.4) is 0 Å².